The number of amides is 1. The normalized spacial score (nSPS) is 10.3. The van der Waals surface area contributed by atoms with Crippen molar-refractivity contribution >= 4 is 29.0 Å². The zero-order valence-corrected chi connectivity index (χ0v) is 13.7. The summed E-state index contributed by atoms with van der Waals surface area (Å²) in [5, 5.41) is 6.57. The monoisotopic (exact) mass is 335 g/mol. The summed E-state index contributed by atoms with van der Waals surface area (Å²) < 4.78 is 6.47. The summed E-state index contributed by atoms with van der Waals surface area (Å²) in [7, 11) is 1.69. The lowest BCUT2D eigenvalue weighted by Gasteiger charge is -2.01. The minimum absolute atomic E-state index is 0.0832. The van der Waals surface area contributed by atoms with Gasteiger partial charge in [0.15, 0.2) is 6.61 Å². The number of ether oxygens (including phenoxy) is 1. The molecular formula is C15H17N3O4S. The molecule has 0 spiro atoms. The number of aryl methyl sites for hydroxylation is 1. The SMILES string of the molecule is CC(=O)NCCc1ccc(C(=O)COC(=O)c2cnn(C)c2)s1. The van der Waals surface area contributed by atoms with E-state index in [-0.39, 0.29) is 18.3 Å². The van der Waals surface area contributed by atoms with Crippen molar-refractivity contribution < 1.29 is 19.1 Å². The Morgan fingerprint density at radius 3 is 2.78 bits per heavy atom. The number of ketones is 1. The van der Waals surface area contributed by atoms with Crippen LogP contribution in [0.5, 0.6) is 0 Å². The van der Waals surface area contributed by atoms with Crippen LogP contribution in [0.15, 0.2) is 24.5 Å². The molecule has 0 aromatic carbocycles. The Balaban J connectivity index is 1.82. The van der Waals surface area contributed by atoms with E-state index in [1.54, 1.807) is 13.1 Å². The van der Waals surface area contributed by atoms with Crippen LogP contribution in [0.3, 0.4) is 0 Å². The van der Waals surface area contributed by atoms with Gasteiger partial charge in [0, 0.05) is 31.6 Å². The Morgan fingerprint density at radius 1 is 1.35 bits per heavy atom. The van der Waals surface area contributed by atoms with Crippen LogP contribution in [-0.2, 0) is 23.0 Å². The lowest BCUT2D eigenvalue weighted by Crippen LogP contribution is -2.22. The Morgan fingerprint density at radius 2 is 2.13 bits per heavy atom. The van der Waals surface area contributed by atoms with Gasteiger partial charge in [0.2, 0.25) is 11.7 Å². The van der Waals surface area contributed by atoms with Crippen molar-refractivity contribution in [2.75, 3.05) is 13.2 Å². The summed E-state index contributed by atoms with van der Waals surface area (Å²) in [4.78, 5) is 36.1. The van der Waals surface area contributed by atoms with E-state index in [9.17, 15) is 14.4 Å². The molecule has 23 heavy (non-hydrogen) atoms. The van der Waals surface area contributed by atoms with Crippen LogP contribution >= 0.6 is 11.3 Å². The van der Waals surface area contributed by atoms with E-state index in [2.05, 4.69) is 10.4 Å². The molecule has 0 radical (unpaired) electrons. The molecule has 2 heterocycles. The van der Waals surface area contributed by atoms with E-state index in [0.717, 1.165) is 4.88 Å². The van der Waals surface area contributed by atoms with Crippen LogP contribution in [0, 0.1) is 0 Å². The first-order valence-electron chi connectivity index (χ1n) is 6.98. The van der Waals surface area contributed by atoms with E-state index in [0.29, 0.717) is 23.4 Å². The number of nitrogens with zero attached hydrogens (tertiary/aromatic N) is 2. The van der Waals surface area contributed by atoms with Crippen molar-refractivity contribution in [3.05, 3.63) is 39.8 Å². The highest BCUT2D eigenvalue weighted by Crippen LogP contribution is 2.17. The maximum absolute atomic E-state index is 12.0. The minimum Gasteiger partial charge on any atom is -0.454 e. The fourth-order valence-electron chi connectivity index (χ4n) is 1.84. The molecule has 0 atom stereocenters. The van der Waals surface area contributed by atoms with Gasteiger partial charge in [0.1, 0.15) is 0 Å². The summed E-state index contributed by atoms with van der Waals surface area (Å²) in [6, 6.07) is 3.54. The summed E-state index contributed by atoms with van der Waals surface area (Å²) in [6.45, 7) is 1.68. The minimum atomic E-state index is -0.575. The predicted molar refractivity (Wildman–Crippen MR) is 84.5 cm³/mol. The van der Waals surface area contributed by atoms with Gasteiger partial charge in [-0.2, -0.15) is 5.10 Å². The van der Waals surface area contributed by atoms with Gasteiger partial charge in [0.05, 0.1) is 16.6 Å². The molecule has 2 aromatic heterocycles. The summed E-state index contributed by atoms with van der Waals surface area (Å²) >= 11 is 1.34. The number of nitrogens with one attached hydrogen (secondary N) is 1. The summed E-state index contributed by atoms with van der Waals surface area (Å²) in [5.74, 6) is -0.910. The van der Waals surface area contributed by atoms with Gasteiger partial charge < -0.3 is 10.1 Å². The largest absolute Gasteiger partial charge is 0.454 e. The first-order chi connectivity index (χ1) is 11.0. The van der Waals surface area contributed by atoms with E-state index >= 15 is 0 Å². The molecule has 2 aromatic rings. The van der Waals surface area contributed by atoms with Crippen molar-refractivity contribution in [2.24, 2.45) is 7.05 Å². The average Bonchev–Trinajstić information content (AvgIpc) is 3.13. The molecule has 0 aliphatic rings. The summed E-state index contributed by atoms with van der Waals surface area (Å²) in [6.07, 6.45) is 3.57. The second kappa shape index (κ2) is 7.68. The quantitative estimate of drug-likeness (QED) is 0.606. The van der Waals surface area contributed by atoms with E-state index < -0.39 is 5.97 Å². The topological polar surface area (TPSA) is 90.3 Å². The van der Waals surface area contributed by atoms with E-state index in [1.165, 1.54) is 35.3 Å². The van der Waals surface area contributed by atoms with Crippen LogP contribution in [-0.4, -0.2) is 40.6 Å². The van der Waals surface area contributed by atoms with Crippen molar-refractivity contribution in [1.82, 2.24) is 15.1 Å². The lowest BCUT2D eigenvalue weighted by atomic mass is 10.3. The number of esters is 1. The highest BCUT2D eigenvalue weighted by atomic mass is 32.1. The van der Waals surface area contributed by atoms with Gasteiger partial charge in [-0.15, -0.1) is 11.3 Å². The number of aromatic nitrogens is 2. The van der Waals surface area contributed by atoms with Crippen molar-refractivity contribution in [1.29, 1.82) is 0 Å². The van der Waals surface area contributed by atoms with Crippen LogP contribution in [0.2, 0.25) is 0 Å². The number of thiophene rings is 1. The fourth-order valence-corrected chi connectivity index (χ4v) is 2.77. The fraction of sp³-hybridized carbons (Fsp3) is 0.333. The Hall–Kier alpha value is -2.48. The number of carbonyl (C=O) groups is 3. The average molecular weight is 335 g/mol. The van der Waals surface area contributed by atoms with Gasteiger partial charge in [0.25, 0.3) is 0 Å². The van der Waals surface area contributed by atoms with Crippen LogP contribution < -0.4 is 5.32 Å². The number of carbonyl (C=O) groups excluding carboxylic acids is 3. The van der Waals surface area contributed by atoms with Gasteiger partial charge >= 0.3 is 5.97 Å². The lowest BCUT2D eigenvalue weighted by molar-refractivity contribution is -0.118. The maximum atomic E-state index is 12.0. The zero-order valence-electron chi connectivity index (χ0n) is 12.9. The first-order valence-corrected chi connectivity index (χ1v) is 7.79. The molecule has 0 bridgehead atoms. The predicted octanol–water partition coefficient (Wildman–Crippen LogP) is 1.20. The third kappa shape index (κ3) is 5.03. The third-order valence-corrected chi connectivity index (χ3v) is 4.14. The van der Waals surface area contributed by atoms with Crippen LogP contribution in [0.1, 0.15) is 31.8 Å². The Labute approximate surface area is 137 Å². The smallest absolute Gasteiger partial charge is 0.341 e. The van der Waals surface area contributed by atoms with Crippen molar-refractivity contribution in [2.45, 2.75) is 13.3 Å². The molecule has 122 valence electrons. The molecule has 0 aliphatic heterocycles. The summed E-state index contributed by atoms with van der Waals surface area (Å²) in [5.41, 5.74) is 0.308. The Kier molecular flexibility index (Phi) is 5.64. The molecule has 8 heteroatoms. The molecular weight excluding hydrogens is 318 g/mol. The highest BCUT2D eigenvalue weighted by Gasteiger charge is 2.14. The highest BCUT2D eigenvalue weighted by molar-refractivity contribution is 7.14. The van der Waals surface area contributed by atoms with Crippen molar-refractivity contribution in [3.8, 4) is 0 Å². The van der Waals surface area contributed by atoms with Crippen LogP contribution in [0.25, 0.3) is 0 Å². The first kappa shape index (κ1) is 16.9. The standard InChI is InChI=1S/C15H17N3O4S/c1-10(19)16-6-5-12-3-4-14(23-12)13(20)9-22-15(21)11-7-17-18(2)8-11/h3-4,7-8H,5-6,9H2,1-2H3,(H,16,19). The molecule has 0 saturated carbocycles. The van der Waals surface area contributed by atoms with Crippen molar-refractivity contribution in [3.63, 3.8) is 0 Å². The zero-order chi connectivity index (χ0) is 16.8. The molecule has 0 aliphatic carbocycles. The van der Waals surface area contributed by atoms with Gasteiger partial charge in [-0.05, 0) is 18.6 Å². The Bertz CT molecular complexity index is 720. The second-order valence-electron chi connectivity index (χ2n) is 4.90. The molecule has 0 unspecified atom stereocenters. The van der Waals surface area contributed by atoms with Gasteiger partial charge in [-0.25, -0.2) is 4.79 Å². The number of Topliss-reactive ketones (excluding diaryl/α,β-unsaturated/α-hetero) is 1. The van der Waals surface area contributed by atoms with E-state index in [1.807, 2.05) is 6.07 Å². The maximum Gasteiger partial charge on any atom is 0.341 e. The molecule has 7 nitrogen and oxygen atoms in total. The molecule has 0 fully saturated rings. The number of hydrogen-bond donors (Lipinski definition) is 1. The number of rotatable bonds is 7. The van der Waals surface area contributed by atoms with Crippen LogP contribution in [0.4, 0.5) is 0 Å². The molecule has 1 amide bonds. The molecule has 0 saturated heterocycles. The van der Waals surface area contributed by atoms with Gasteiger partial charge in [-0.1, -0.05) is 0 Å². The third-order valence-electron chi connectivity index (χ3n) is 2.96. The molecule has 2 rings (SSSR count). The second-order valence-corrected chi connectivity index (χ2v) is 6.07. The van der Waals surface area contributed by atoms with Gasteiger partial charge in [-0.3, -0.25) is 14.3 Å². The van der Waals surface area contributed by atoms with E-state index in [4.69, 9.17) is 4.74 Å². The molecule has 1 N–H and O–H groups in total. The number of hydrogen-bond acceptors (Lipinski definition) is 6.